The van der Waals surface area contributed by atoms with Crippen LogP contribution in [0.3, 0.4) is 0 Å². The molecular weight excluding hydrogens is 222 g/mol. The summed E-state index contributed by atoms with van der Waals surface area (Å²) in [6.07, 6.45) is 0.354. The van der Waals surface area contributed by atoms with Crippen LogP contribution in [0.15, 0.2) is 5.38 Å². The Morgan fingerprint density at radius 1 is 1.69 bits per heavy atom. The van der Waals surface area contributed by atoms with Crippen LogP contribution in [-0.4, -0.2) is 28.4 Å². The molecular formula is C11H15N3OS. The minimum absolute atomic E-state index is 0.0860. The molecule has 0 spiro atoms. The van der Waals surface area contributed by atoms with Crippen molar-refractivity contribution in [2.75, 3.05) is 6.54 Å². The standard InChI is InChI=1S/C11H15N3OS/c1-8(2)14(6-4-5-12)11(15)10-7-16-9(3)13-10/h7-8H,4,6H2,1-3H3. The predicted octanol–water partition coefficient (Wildman–Crippen LogP) is 2.22. The predicted molar refractivity (Wildman–Crippen MR) is 63.3 cm³/mol. The molecule has 4 nitrogen and oxygen atoms in total. The summed E-state index contributed by atoms with van der Waals surface area (Å²) in [6.45, 7) is 6.21. The highest BCUT2D eigenvalue weighted by atomic mass is 32.1. The number of aryl methyl sites for hydroxylation is 1. The molecule has 86 valence electrons. The third kappa shape index (κ3) is 3.04. The molecule has 0 bridgehead atoms. The van der Waals surface area contributed by atoms with Gasteiger partial charge in [0.1, 0.15) is 5.69 Å². The average Bonchev–Trinajstić information content (AvgIpc) is 2.64. The molecule has 0 aliphatic heterocycles. The Morgan fingerprint density at radius 3 is 2.81 bits per heavy atom. The summed E-state index contributed by atoms with van der Waals surface area (Å²) in [5.41, 5.74) is 0.481. The van der Waals surface area contributed by atoms with Crippen LogP contribution in [0, 0.1) is 18.3 Å². The highest BCUT2D eigenvalue weighted by molar-refractivity contribution is 7.09. The molecule has 0 saturated carbocycles. The summed E-state index contributed by atoms with van der Waals surface area (Å²) in [5, 5.41) is 11.2. The smallest absolute Gasteiger partial charge is 0.273 e. The minimum atomic E-state index is -0.0883. The van der Waals surface area contributed by atoms with Crippen LogP contribution in [0.2, 0.25) is 0 Å². The molecule has 5 heteroatoms. The monoisotopic (exact) mass is 237 g/mol. The summed E-state index contributed by atoms with van der Waals surface area (Å²) in [6, 6.07) is 2.14. The number of nitriles is 1. The van der Waals surface area contributed by atoms with E-state index >= 15 is 0 Å². The first-order chi connectivity index (χ1) is 7.56. The van der Waals surface area contributed by atoms with Crippen molar-refractivity contribution in [3.63, 3.8) is 0 Å². The van der Waals surface area contributed by atoms with Crippen LogP contribution in [0.1, 0.15) is 35.8 Å². The first-order valence-electron chi connectivity index (χ1n) is 5.16. The lowest BCUT2D eigenvalue weighted by Gasteiger charge is -2.24. The van der Waals surface area contributed by atoms with Crippen molar-refractivity contribution < 1.29 is 4.79 Å². The van der Waals surface area contributed by atoms with Crippen molar-refractivity contribution in [1.29, 1.82) is 5.26 Å². The molecule has 1 amide bonds. The summed E-state index contributed by atoms with van der Waals surface area (Å²) in [7, 11) is 0. The van der Waals surface area contributed by atoms with Gasteiger partial charge in [-0.2, -0.15) is 5.26 Å². The van der Waals surface area contributed by atoms with Gasteiger partial charge in [-0.05, 0) is 20.8 Å². The summed E-state index contributed by atoms with van der Waals surface area (Å²) in [5.74, 6) is -0.0883. The molecule has 0 N–H and O–H groups in total. The molecule has 0 radical (unpaired) electrons. The van der Waals surface area contributed by atoms with Crippen LogP contribution in [-0.2, 0) is 0 Å². The third-order valence-corrected chi connectivity index (χ3v) is 2.96. The second-order valence-corrected chi connectivity index (χ2v) is 4.81. The zero-order valence-electron chi connectivity index (χ0n) is 9.73. The first-order valence-corrected chi connectivity index (χ1v) is 6.04. The van der Waals surface area contributed by atoms with E-state index in [2.05, 4.69) is 11.1 Å². The van der Waals surface area contributed by atoms with Gasteiger partial charge in [-0.15, -0.1) is 11.3 Å². The fourth-order valence-corrected chi connectivity index (χ4v) is 1.96. The van der Waals surface area contributed by atoms with E-state index in [9.17, 15) is 4.79 Å². The lowest BCUT2D eigenvalue weighted by Crippen LogP contribution is -2.37. The highest BCUT2D eigenvalue weighted by Crippen LogP contribution is 2.12. The topological polar surface area (TPSA) is 57.0 Å². The Hall–Kier alpha value is -1.41. The first kappa shape index (κ1) is 12.7. The molecule has 1 rings (SSSR count). The van der Waals surface area contributed by atoms with Crippen molar-refractivity contribution in [3.8, 4) is 6.07 Å². The summed E-state index contributed by atoms with van der Waals surface area (Å²) < 4.78 is 0. The number of amides is 1. The quantitative estimate of drug-likeness (QED) is 0.806. The van der Waals surface area contributed by atoms with E-state index in [1.54, 1.807) is 10.3 Å². The molecule has 1 heterocycles. The lowest BCUT2D eigenvalue weighted by molar-refractivity contribution is 0.0705. The van der Waals surface area contributed by atoms with Crippen LogP contribution >= 0.6 is 11.3 Å². The minimum Gasteiger partial charge on any atom is -0.334 e. The van der Waals surface area contributed by atoms with Gasteiger partial charge in [-0.25, -0.2) is 4.98 Å². The zero-order chi connectivity index (χ0) is 12.1. The van der Waals surface area contributed by atoms with Crippen molar-refractivity contribution >= 4 is 17.2 Å². The van der Waals surface area contributed by atoms with Gasteiger partial charge in [0, 0.05) is 18.0 Å². The van der Waals surface area contributed by atoms with Crippen molar-refractivity contribution in [2.24, 2.45) is 0 Å². The Bertz CT molecular complexity index is 406. The number of thiazole rings is 1. The van der Waals surface area contributed by atoms with Crippen molar-refractivity contribution in [3.05, 3.63) is 16.1 Å². The Balaban J connectivity index is 2.79. The van der Waals surface area contributed by atoms with Crippen molar-refractivity contribution in [1.82, 2.24) is 9.88 Å². The maximum atomic E-state index is 12.1. The summed E-state index contributed by atoms with van der Waals surface area (Å²) >= 11 is 1.46. The van der Waals surface area contributed by atoms with E-state index in [4.69, 9.17) is 5.26 Å². The van der Waals surface area contributed by atoms with E-state index in [1.807, 2.05) is 20.8 Å². The molecule has 0 unspecified atom stereocenters. The highest BCUT2D eigenvalue weighted by Gasteiger charge is 2.20. The molecule has 0 saturated heterocycles. The third-order valence-electron chi connectivity index (χ3n) is 2.19. The van der Waals surface area contributed by atoms with E-state index in [1.165, 1.54) is 11.3 Å². The van der Waals surface area contributed by atoms with Crippen LogP contribution in [0.4, 0.5) is 0 Å². The van der Waals surface area contributed by atoms with Crippen LogP contribution in [0.5, 0.6) is 0 Å². The number of carbonyl (C=O) groups excluding carboxylic acids is 1. The normalized spacial score (nSPS) is 10.2. The zero-order valence-corrected chi connectivity index (χ0v) is 10.5. The van der Waals surface area contributed by atoms with Gasteiger partial charge in [0.2, 0.25) is 0 Å². The number of hydrogen-bond acceptors (Lipinski definition) is 4. The largest absolute Gasteiger partial charge is 0.334 e. The summed E-state index contributed by atoms with van der Waals surface area (Å²) in [4.78, 5) is 17.9. The van der Waals surface area contributed by atoms with Gasteiger partial charge in [0.25, 0.3) is 5.91 Å². The van der Waals surface area contributed by atoms with Gasteiger partial charge in [0.05, 0.1) is 17.5 Å². The Labute approximate surface area is 99.5 Å². The molecule has 0 atom stereocenters. The van der Waals surface area contributed by atoms with Crippen molar-refractivity contribution in [2.45, 2.75) is 33.2 Å². The Kier molecular flexibility index (Phi) is 4.44. The number of hydrogen-bond donors (Lipinski definition) is 0. The molecule has 1 aromatic heterocycles. The fourth-order valence-electron chi connectivity index (χ4n) is 1.37. The maximum absolute atomic E-state index is 12.1. The Morgan fingerprint density at radius 2 is 2.38 bits per heavy atom. The van der Waals surface area contributed by atoms with Gasteiger partial charge < -0.3 is 4.90 Å². The second kappa shape index (κ2) is 5.61. The number of carbonyl (C=O) groups is 1. The second-order valence-electron chi connectivity index (χ2n) is 3.75. The number of aromatic nitrogens is 1. The molecule has 0 fully saturated rings. The van der Waals surface area contributed by atoms with Gasteiger partial charge in [-0.3, -0.25) is 4.79 Å². The van der Waals surface area contributed by atoms with Gasteiger partial charge >= 0.3 is 0 Å². The van der Waals surface area contributed by atoms with E-state index in [0.29, 0.717) is 18.7 Å². The van der Waals surface area contributed by atoms with Gasteiger partial charge in [0.15, 0.2) is 0 Å². The van der Waals surface area contributed by atoms with E-state index in [0.717, 1.165) is 5.01 Å². The van der Waals surface area contributed by atoms with Crippen LogP contribution in [0.25, 0.3) is 0 Å². The molecule has 0 aliphatic carbocycles. The fraction of sp³-hybridized carbons (Fsp3) is 0.545. The molecule has 1 aromatic rings. The number of nitrogens with zero attached hydrogens (tertiary/aromatic N) is 3. The maximum Gasteiger partial charge on any atom is 0.273 e. The van der Waals surface area contributed by atoms with E-state index < -0.39 is 0 Å². The van der Waals surface area contributed by atoms with Gasteiger partial charge in [-0.1, -0.05) is 0 Å². The van der Waals surface area contributed by atoms with Crippen LogP contribution < -0.4 is 0 Å². The lowest BCUT2D eigenvalue weighted by atomic mass is 10.2. The molecule has 0 aromatic carbocycles. The van der Waals surface area contributed by atoms with E-state index in [-0.39, 0.29) is 11.9 Å². The molecule has 16 heavy (non-hydrogen) atoms. The average molecular weight is 237 g/mol. The number of rotatable bonds is 4. The molecule has 0 aliphatic rings. The SMILES string of the molecule is Cc1nc(C(=O)N(CCC#N)C(C)C)cs1.